The molecule has 0 N–H and O–H groups in total. The average molecular weight is 540 g/mol. The van der Waals surface area contributed by atoms with E-state index in [1.54, 1.807) is 14.2 Å². The number of likely N-dealkylation sites (tertiary alicyclic amines) is 1. The molecule has 2 bridgehead atoms. The van der Waals surface area contributed by atoms with Crippen LogP contribution < -0.4 is 14.2 Å². The van der Waals surface area contributed by atoms with Crippen LogP contribution in [0.2, 0.25) is 0 Å². The van der Waals surface area contributed by atoms with Gasteiger partial charge in [-0.05, 0) is 86.5 Å². The van der Waals surface area contributed by atoms with Gasteiger partial charge in [0, 0.05) is 31.7 Å². The molecule has 6 heteroatoms. The summed E-state index contributed by atoms with van der Waals surface area (Å²) < 4.78 is 17.4. The summed E-state index contributed by atoms with van der Waals surface area (Å²) in [6, 6.07) is 27.2. The number of ether oxygens (including phenoxy) is 3. The van der Waals surface area contributed by atoms with Crippen LogP contribution in [0.25, 0.3) is 0 Å². The molecule has 5 rings (SSSR count). The Morgan fingerprint density at radius 1 is 0.925 bits per heavy atom. The number of nitrogens with zero attached hydrogens (tertiary/aromatic N) is 3. The number of hydrogen-bond donors (Lipinski definition) is 0. The van der Waals surface area contributed by atoms with Crippen LogP contribution in [0.5, 0.6) is 17.2 Å². The quantitative estimate of drug-likeness (QED) is 0.269. The molecular formula is C34H41N3O3. The van der Waals surface area contributed by atoms with E-state index in [4.69, 9.17) is 14.2 Å². The van der Waals surface area contributed by atoms with Crippen molar-refractivity contribution in [3.63, 3.8) is 0 Å². The van der Waals surface area contributed by atoms with Crippen LogP contribution in [-0.4, -0.2) is 56.7 Å². The summed E-state index contributed by atoms with van der Waals surface area (Å²) >= 11 is 0. The van der Waals surface area contributed by atoms with Gasteiger partial charge in [0.1, 0.15) is 11.9 Å². The van der Waals surface area contributed by atoms with Crippen molar-refractivity contribution in [3.05, 3.63) is 89.5 Å². The zero-order valence-corrected chi connectivity index (χ0v) is 24.0. The van der Waals surface area contributed by atoms with Crippen molar-refractivity contribution in [2.75, 3.05) is 40.9 Å². The van der Waals surface area contributed by atoms with Crippen LogP contribution in [0.15, 0.2) is 72.8 Å². The summed E-state index contributed by atoms with van der Waals surface area (Å²) in [7, 11) is 5.58. The highest BCUT2D eigenvalue weighted by Crippen LogP contribution is 2.40. The zero-order chi connectivity index (χ0) is 27.9. The van der Waals surface area contributed by atoms with Gasteiger partial charge in [-0.3, -0.25) is 4.90 Å². The van der Waals surface area contributed by atoms with Gasteiger partial charge >= 0.3 is 0 Å². The first-order valence-electron chi connectivity index (χ1n) is 14.4. The minimum Gasteiger partial charge on any atom is -0.493 e. The zero-order valence-electron chi connectivity index (χ0n) is 24.0. The molecule has 1 aliphatic heterocycles. The summed E-state index contributed by atoms with van der Waals surface area (Å²) in [4.78, 5) is 5.29. The summed E-state index contributed by atoms with van der Waals surface area (Å²) in [5, 5.41) is 9.26. The topological polar surface area (TPSA) is 58.0 Å². The highest BCUT2D eigenvalue weighted by molar-refractivity contribution is 5.45. The van der Waals surface area contributed by atoms with Crippen molar-refractivity contribution in [1.82, 2.24) is 9.80 Å². The molecule has 1 saturated carbocycles. The molecule has 1 aliphatic carbocycles. The molecule has 1 saturated heterocycles. The number of benzene rings is 3. The van der Waals surface area contributed by atoms with Gasteiger partial charge in [0.25, 0.3) is 0 Å². The standard InChI is InChI=1S/C34H41N3O3/c1-36(34-28-15-16-29(34)24-37(23-28)22-26-8-5-4-6-9-26)19-7-10-31(27-13-11-25(21-35)12-14-27)40-30-17-18-32(38-2)33(20-30)39-3/h4-6,8-9,11-14,17-18,20,28-29,31,34H,7,10,15-16,19,22-24H2,1-3H3. The molecule has 1 heterocycles. The smallest absolute Gasteiger partial charge is 0.164 e. The molecule has 210 valence electrons. The van der Waals surface area contributed by atoms with Crippen LogP contribution >= 0.6 is 0 Å². The molecule has 6 nitrogen and oxygen atoms in total. The number of fused-ring (bicyclic) bond motifs is 2. The van der Waals surface area contributed by atoms with Gasteiger partial charge in [-0.1, -0.05) is 42.5 Å². The average Bonchev–Trinajstić information content (AvgIpc) is 3.27. The van der Waals surface area contributed by atoms with Crippen LogP contribution in [0, 0.1) is 23.2 Å². The predicted octanol–water partition coefficient (Wildman–Crippen LogP) is 6.32. The first-order chi connectivity index (χ1) is 19.6. The van der Waals surface area contributed by atoms with Crippen LogP contribution in [0.4, 0.5) is 0 Å². The Hall–Kier alpha value is -3.53. The normalized spacial score (nSPS) is 21.1. The van der Waals surface area contributed by atoms with E-state index in [2.05, 4.69) is 53.2 Å². The van der Waals surface area contributed by atoms with Gasteiger partial charge < -0.3 is 19.1 Å². The van der Waals surface area contributed by atoms with E-state index in [0.717, 1.165) is 49.1 Å². The SMILES string of the molecule is COc1ccc(OC(CCCN(C)C2C3CCC2CN(Cc2ccccc2)C3)c2ccc(C#N)cc2)cc1OC. The Kier molecular flexibility index (Phi) is 9.26. The van der Waals surface area contributed by atoms with Crippen molar-refractivity contribution in [1.29, 1.82) is 5.26 Å². The molecule has 0 aromatic heterocycles. The maximum absolute atomic E-state index is 9.26. The number of piperidine rings is 1. The van der Waals surface area contributed by atoms with E-state index < -0.39 is 0 Å². The van der Waals surface area contributed by atoms with Crippen LogP contribution in [0.3, 0.4) is 0 Å². The summed E-state index contributed by atoms with van der Waals surface area (Å²) in [5.74, 6) is 3.54. The lowest BCUT2D eigenvalue weighted by Crippen LogP contribution is -2.51. The molecular weight excluding hydrogens is 498 g/mol. The Labute approximate surface area is 239 Å². The van der Waals surface area contributed by atoms with Crippen LogP contribution in [0.1, 0.15) is 48.5 Å². The highest BCUT2D eigenvalue weighted by Gasteiger charge is 2.43. The van der Waals surface area contributed by atoms with Crippen molar-refractivity contribution in [2.45, 2.75) is 44.4 Å². The minimum absolute atomic E-state index is 0.122. The number of hydrogen-bond acceptors (Lipinski definition) is 6. The molecule has 40 heavy (non-hydrogen) atoms. The molecule has 3 aromatic rings. The van der Waals surface area contributed by atoms with Crippen molar-refractivity contribution in [2.24, 2.45) is 11.8 Å². The molecule has 0 amide bonds. The van der Waals surface area contributed by atoms with E-state index >= 15 is 0 Å². The third-order valence-corrected chi connectivity index (χ3v) is 8.64. The number of rotatable bonds is 12. The van der Waals surface area contributed by atoms with Gasteiger partial charge in [-0.2, -0.15) is 5.26 Å². The van der Waals surface area contributed by atoms with E-state index in [1.807, 2.05) is 42.5 Å². The van der Waals surface area contributed by atoms with Gasteiger partial charge in [0.2, 0.25) is 0 Å². The summed E-state index contributed by atoms with van der Waals surface area (Å²) in [6.45, 7) is 4.48. The Bertz CT molecular complexity index is 1260. The fraction of sp³-hybridized carbons (Fsp3) is 0.441. The van der Waals surface area contributed by atoms with Crippen molar-refractivity contribution in [3.8, 4) is 23.3 Å². The minimum atomic E-state index is -0.122. The van der Waals surface area contributed by atoms with Gasteiger partial charge in [-0.25, -0.2) is 0 Å². The summed E-state index contributed by atoms with van der Waals surface area (Å²) in [5.41, 5.74) is 3.14. The van der Waals surface area contributed by atoms with E-state index in [0.29, 0.717) is 23.1 Å². The number of nitriles is 1. The third-order valence-electron chi connectivity index (χ3n) is 8.64. The first kappa shape index (κ1) is 28.0. The third kappa shape index (κ3) is 6.60. The molecule has 2 fully saturated rings. The molecule has 0 spiro atoms. The Morgan fingerprint density at radius 2 is 1.62 bits per heavy atom. The fourth-order valence-electron chi connectivity index (χ4n) is 6.78. The maximum atomic E-state index is 9.26. The monoisotopic (exact) mass is 539 g/mol. The highest BCUT2D eigenvalue weighted by atomic mass is 16.5. The molecule has 3 unspecified atom stereocenters. The van der Waals surface area contributed by atoms with Crippen LogP contribution in [-0.2, 0) is 6.54 Å². The lowest BCUT2D eigenvalue weighted by atomic mass is 9.90. The second-order valence-electron chi connectivity index (χ2n) is 11.2. The second kappa shape index (κ2) is 13.2. The van der Waals surface area contributed by atoms with Gasteiger partial charge in [0.05, 0.1) is 25.9 Å². The largest absolute Gasteiger partial charge is 0.493 e. The molecule has 3 atom stereocenters. The Morgan fingerprint density at radius 3 is 2.27 bits per heavy atom. The second-order valence-corrected chi connectivity index (χ2v) is 11.2. The lowest BCUT2D eigenvalue weighted by molar-refractivity contribution is 0.0553. The molecule has 3 aromatic carbocycles. The fourth-order valence-corrected chi connectivity index (χ4v) is 6.78. The van der Waals surface area contributed by atoms with Gasteiger partial charge in [0.15, 0.2) is 11.5 Å². The molecule has 0 radical (unpaired) electrons. The van der Waals surface area contributed by atoms with Gasteiger partial charge in [-0.15, -0.1) is 0 Å². The molecule has 2 aliphatic rings. The van der Waals surface area contributed by atoms with E-state index in [-0.39, 0.29) is 6.10 Å². The Balaban J connectivity index is 1.21. The lowest BCUT2D eigenvalue weighted by Gasteiger charge is -2.42. The van der Waals surface area contributed by atoms with E-state index in [1.165, 1.54) is 31.5 Å². The summed E-state index contributed by atoms with van der Waals surface area (Å²) in [6.07, 6.45) is 4.46. The first-order valence-corrected chi connectivity index (χ1v) is 14.4. The van der Waals surface area contributed by atoms with E-state index in [9.17, 15) is 5.26 Å². The van der Waals surface area contributed by atoms with Crippen molar-refractivity contribution < 1.29 is 14.2 Å². The number of methoxy groups -OCH3 is 2. The van der Waals surface area contributed by atoms with Crippen molar-refractivity contribution >= 4 is 0 Å². The maximum Gasteiger partial charge on any atom is 0.164 e. The predicted molar refractivity (Wildman–Crippen MR) is 158 cm³/mol.